The molecule has 0 saturated carbocycles. The molecule has 0 saturated heterocycles. The van der Waals surface area contributed by atoms with Gasteiger partial charge in [-0.1, -0.05) is 6.07 Å². The van der Waals surface area contributed by atoms with Gasteiger partial charge < -0.3 is 10.1 Å². The highest BCUT2D eigenvalue weighted by Gasteiger charge is 2.14. The largest absolute Gasteiger partial charge is 0.494 e. The van der Waals surface area contributed by atoms with E-state index in [1.165, 1.54) is 25.3 Å². The first-order chi connectivity index (χ1) is 10.8. The topological polar surface area (TPSA) is 96.5 Å². The highest BCUT2D eigenvalue weighted by Crippen LogP contribution is 2.18. The lowest BCUT2D eigenvalue weighted by molar-refractivity contribution is -0.140. The van der Waals surface area contributed by atoms with Crippen LogP contribution in [0.4, 0.5) is 4.39 Å². The lowest BCUT2D eigenvalue weighted by Gasteiger charge is -2.08. The molecule has 8 heteroatoms. The van der Waals surface area contributed by atoms with Gasteiger partial charge in [-0.25, -0.2) is 4.39 Å². The van der Waals surface area contributed by atoms with Crippen molar-refractivity contribution in [1.29, 1.82) is 0 Å². The molecule has 23 heavy (non-hydrogen) atoms. The van der Waals surface area contributed by atoms with E-state index >= 15 is 0 Å². The number of hydrogen-bond acceptors (Lipinski definition) is 4. The minimum absolute atomic E-state index is 0.0926. The maximum atomic E-state index is 13.5. The zero-order chi connectivity index (χ0) is 17.4. The van der Waals surface area contributed by atoms with Crippen LogP contribution in [0, 0.1) is 5.82 Å². The van der Waals surface area contributed by atoms with Gasteiger partial charge in [-0.2, -0.15) is 0 Å². The summed E-state index contributed by atoms with van der Waals surface area (Å²) in [5, 5.41) is 2.37. The van der Waals surface area contributed by atoms with E-state index in [-0.39, 0.29) is 11.8 Å². The number of hydrazine groups is 1. The number of benzene rings is 1. The molecule has 0 aliphatic rings. The fourth-order valence-electron chi connectivity index (χ4n) is 1.50. The number of carbonyl (C=O) groups is 3. The Morgan fingerprint density at radius 3 is 2.43 bits per heavy atom. The standard InChI is InChI=1S/C15H18FN3O4/c1-9(2)17-14(21)15(22)19-18-13(20)7-5-10-4-6-12(23-3)11(16)8-10/h4-9H,1-3H3,(H,17,21)(H,18,20)(H,19,22)/b7-5+. The van der Waals surface area contributed by atoms with Crippen LogP contribution in [0.2, 0.25) is 0 Å². The molecule has 124 valence electrons. The molecule has 0 aromatic heterocycles. The Bertz CT molecular complexity index is 629. The van der Waals surface area contributed by atoms with Crippen LogP contribution in [0.1, 0.15) is 19.4 Å². The number of amides is 3. The van der Waals surface area contributed by atoms with Gasteiger partial charge in [-0.3, -0.25) is 25.2 Å². The van der Waals surface area contributed by atoms with Crippen molar-refractivity contribution in [3.05, 3.63) is 35.7 Å². The highest BCUT2D eigenvalue weighted by molar-refractivity contribution is 6.35. The molecule has 0 radical (unpaired) electrons. The third kappa shape index (κ3) is 6.16. The molecular formula is C15H18FN3O4. The zero-order valence-electron chi connectivity index (χ0n) is 13.0. The molecule has 0 bridgehead atoms. The molecular weight excluding hydrogens is 305 g/mol. The lowest BCUT2D eigenvalue weighted by Crippen LogP contribution is -2.49. The molecule has 1 aromatic carbocycles. The number of halogens is 1. The highest BCUT2D eigenvalue weighted by atomic mass is 19.1. The van der Waals surface area contributed by atoms with Crippen LogP contribution in [-0.2, 0) is 14.4 Å². The average molecular weight is 323 g/mol. The monoisotopic (exact) mass is 323 g/mol. The number of carbonyl (C=O) groups excluding carboxylic acids is 3. The van der Waals surface area contributed by atoms with Crippen LogP contribution in [0.3, 0.4) is 0 Å². The van der Waals surface area contributed by atoms with Crippen LogP contribution in [-0.4, -0.2) is 30.9 Å². The quantitative estimate of drug-likeness (QED) is 0.427. The Balaban J connectivity index is 2.52. The summed E-state index contributed by atoms with van der Waals surface area (Å²) in [4.78, 5) is 34.2. The van der Waals surface area contributed by atoms with Crippen LogP contribution in [0.25, 0.3) is 6.08 Å². The summed E-state index contributed by atoms with van der Waals surface area (Å²) >= 11 is 0. The Kier molecular flexibility index (Phi) is 6.72. The molecule has 0 atom stereocenters. The molecule has 0 aliphatic heterocycles. The molecule has 3 N–H and O–H groups in total. The maximum Gasteiger partial charge on any atom is 0.327 e. The summed E-state index contributed by atoms with van der Waals surface area (Å²) in [5.74, 6) is -2.99. The van der Waals surface area contributed by atoms with Gasteiger partial charge >= 0.3 is 11.8 Å². The molecule has 3 amide bonds. The van der Waals surface area contributed by atoms with Crippen LogP contribution in [0.15, 0.2) is 24.3 Å². The van der Waals surface area contributed by atoms with E-state index in [1.807, 2.05) is 10.9 Å². The van der Waals surface area contributed by atoms with Crippen molar-refractivity contribution in [2.75, 3.05) is 7.11 Å². The predicted octanol–water partition coefficient (Wildman–Crippen LogP) is 0.519. The molecule has 0 fully saturated rings. The van der Waals surface area contributed by atoms with Crippen LogP contribution in [0.5, 0.6) is 5.75 Å². The number of hydrogen-bond donors (Lipinski definition) is 3. The number of methoxy groups -OCH3 is 1. The number of rotatable bonds is 4. The molecule has 1 aromatic rings. The van der Waals surface area contributed by atoms with Crippen LogP contribution < -0.4 is 20.9 Å². The number of nitrogens with one attached hydrogen (secondary N) is 3. The van der Waals surface area contributed by atoms with E-state index in [0.717, 1.165) is 6.08 Å². The van der Waals surface area contributed by atoms with Gasteiger partial charge in [0.05, 0.1) is 7.11 Å². The van der Waals surface area contributed by atoms with Crippen molar-refractivity contribution in [2.45, 2.75) is 19.9 Å². The van der Waals surface area contributed by atoms with E-state index in [4.69, 9.17) is 4.74 Å². The zero-order valence-corrected chi connectivity index (χ0v) is 13.0. The van der Waals surface area contributed by atoms with Gasteiger partial charge in [0.15, 0.2) is 11.6 Å². The smallest absolute Gasteiger partial charge is 0.327 e. The Morgan fingerprint density at radius 1 is 1.17 bits per heavy atom. The van der Waals surface area contributed by atoms with Gasteiger partial charge in [0.25, 0.3) is 5.91 Å². The second-order valence-corrected chi connectivity index (χ2v) is 4.80. The summed E-state index contributed by atoms with van der Waals surface area (Å²) < 4.78 is 18.2. The van der Waals surface area contributed by atoms with E-state index in [9.17, 15) is 18.8 Å². The first-order valence-corrected chi connectivity index (χ1v) is 6.76. The van der Waals surface area contributed by atoms with Crippen molar-refractivity contribution in [2.24, 2.45) is 0 Å². The molecule has 0 heterocycles. The fraction of sp³-hybridized carbons (Fsp3) is 0.267. The average Bonchev–Trinajstić information content (AvgIpc) is 2.49. The third-order valence-corrected chi connectivity index (χ3v) is 2.53. The van der Waals surface area contributed by atoms with Gasteiger partial charge in [0.1, 0.15) is 0 Å². The van der Waals surface area contributed by atoms with E-state index < -0.39 is 23.5 Å². The Labute approximate surface area is 132 Å². The normalized spacial score (nSPS) is 10.5. The first-order valence-electron chi connectivity index (χ1n) is 6.76. The van der Waals surface area contributed by atoms with E-state index in [2.05, 4.69) is 5.32 Å². The minimum atomic E-state index is -0.990. The number of ether oxygens (including phenoxy) is 1. The molecule has 7 nitrogen and oxygen atoms in total. The molecule has 0 aliphatic carbocycles. The first kappa shape index (κ1) is 18.1. The fourth-order valence-corrected chi connectivity index (χ4v) is 1.50. The third-order valence-electron chi connectivity index (χ3n) is 2.53. The summed E-state index contributed by atoms with van der Waals surface area (Å²) in [6.07, 6.45) is 2.43. The maximum absolute atomic E-state index is 13.5. The lowest BCUT2D eigenvalue weighted by atomic mass is 10.2. The van der Waals surface area contributed by atoms with Gasteiger partial charge in [-0.05, 0) is 37.6 Å². The van der Waals surface area contributed by atoms with Gasteiger partial charge in [0, 0.05) is 12.1 Å². The molecule has 1 rings (SSSR count). The van der Waals surface area contributed by atoms with Crippen molar-refractivity contribution >= 4 is 23.8 Å². The van der Waals surface area contributed by atoms with Gasteiger partial charge in [0.2, 0.25) is 0 Å². The summed E-state index contributed by atoms with van der Waals surface area (Å²) in [6, 6.07) is 3.97. The van der Waals surface area contributed by atoms with Crippen molar-refractivity contribution in [3.8, 4) is 5.75 Å². The van der Waals surface area contributed by atoms with E-state index in [1.54, 1.807) is 19.9 Å². The predicted molar refractivity (Wildman–Crippen MR) is 81.6 cm³/mol. The molecule has 0 unspecified atom stereocenters. The minimum Gasteiger partial charge on any atom is -0.494 e. The van der Waals surface area contributed by atoms with Crippen LogP contribution >= 0.6 is 0 Å². The van der Waals surface area contributed by atoms with Crippen molar-refractivity contribution in [3.63, 3.8) is 0 Å². The second kappa shape index (κ2) is 8.52. The Hall–Kier alpha value is -2.90. The summed E-state index contributed by atoms with van der Waals surface area (Å²) in [5.41, 5.74) is 4.43. The van der Waals surface area contributed by atoms with Gasteiger partial charge in [-0.15, -0.1) is 0 Å². The van der Waals surface area contributed by atoms with Crippen molar-refractivity contribution < 1.29 is 23.5 Å². The van der Waals surface area contributed by atoms with E-state index in [0.29, 0.717) is 5.56 Å². The Morgan fingerprint density at radius 2 is 1.87 bits per heavy atom. The van der Waals surface area contributed by atoms with Crippen molar-refractivity contribution in [1.82, 2.24) is 16.2 Å². The summed E-state index contributed by atoms with van der Waals surface area (Å²) in [6.45, 7) is 3.39. The SMILES string of the molecule is COc1ccc(/C=C/C(=O)NNC(=O)C(=O)NC(C)C)cc1F. The second-order valence-electron chi connectivity index (χ2n) is 4.80. The molecule has 0 spiro atoms. The summed E-state index contributed by atoms with van der Waals surface area (Å²) in [7, 11) is 1.35.